The number of fused-ring (bicyclic) bond motifs is 6. The first kappa shape index (κ1) is 24.2. The summed E-state index contributed by atoms with van der Waals surface area (Å²) in [6, 6.07) is 51.0. The summed E-state index contributed by atoms with van der Waals surface area (Å²) in [5.41, 5.74) is 11.4. The standard InChI is InChI=1S/C39H29NS/c1-39(2)34-23-21-28(24-33(34)38-30(17-11-18-35(38)39)26-12-5-3-6-13-26)40(27-14-7-4-8-15-27)29-20-22-32-31-16-9-10-19-36(31)41-37(32)25-29/h3-25H,1-2H3. The average Bonchev–Trinajstić information content (AvgIpc) is 3.50. The van der Waals surface area contributed by atoms with E-state index < -0.39 is 0 Å². The fourth-order valence-electron chi connectivity index (χ4n) is 6.67. The van der Waals surface area contributed by atoms with E-state index in [1.807, 2.05) is 11.3 Å². The quantitative estimate of drug-likeness (QED) is 0.213. The van der Waals surface area contributed by atoms with Crippen molar-refractivity contribution in [3.63, 3.8) is 0 Å². The van der Waals surface area contributed by atoms with Crippen LogP contribution in [0.3, 0.4) is 0 Å². The monoisotopic (exact) mass is 543 g/mol. The van der Waals surface area contributed by atoms with E-state index in [4.69, 9.17) is 0 Å². The van der Waals surface area contributed by atoms with Gasteiger partial charge in [0.05, 0.1) is 0 Å². The molecule has 0 amide bonds. The second kappa shape index (κ2) is 9.19. The minimum absolute atomic E-state index is 0.0679. The minimum atomic E-state index is -0.0679. The molecule has 1 aromatic heterocycles. The topological polar surface area (TPSA) is 3.24 Å². The molecule has 6 aromatic carbocycles. The van der Waals surface area contributed by atoms with Crippen LogP contribution in [0.4, 0.5) is 17.1 Å². The Morgan fingerprint density at radius 3 is 2.00 bits per heavy atom. The minimum Gasteiger partial charge on any atom is -0.310 e. The van der Waals surface area contributed by atoms with E-state index >= 15 is 0 Å². The van der Waals surface area contributed by atoms with Crippen molar-refractivity contribution in [3.8, 4) is 22.3 Å². The van der Waals surface area contributed by atoms with Crippen molar-refractivity contribution in [3.05, 3.63) is 151 Å². The van der Waals surface area contributed by atoms with Gasteiger partial charge in [0.25, 0.3) is 0 Å². The zero-order valence-corrected chi connectivity index (χ0v) is 24.0. The van der Waals surface area contributed by atoms with Crippen LogP contribution < -0.4 is 4.90 Å². The van der Waals surface area contributed by atoms with Crippen molar-refractivity contribution in [1.29, 1.82) is 0 Å². The Kier molecular flexibility index (Phi) is 5.42. The molecular formula is C39H29NS. The van der Waals surface area contributed by atoms with E-state index in [0.29, 0.717) is 0 Å². The van der Waals surface area contributed by atoms with Gasteiger partial charge in [-0.25, -0.2) is 0 Å². The first-order chi connectivity index (χ1) is 20.1. The van der Waals surface area contributed by atoms with Gasteiger partial charge in [-0.2, -0.15) is 0 Å². The average molecular weight is 544 g/mol. The molecule has 7 aromatic rings. The molecule has 0 saturated heterocycles. The van der Waals surface area contributed by atoms with Gasteiger partial charge in [0, 0.05) is 42.6 Å². The van der Waals surface area contributed by atoms with E-state index in [-0.39, 0.29) is 5.41 Å². The Morgan fingerprint density at radius 1 is 0.488 bits per heavy atom. The smallest absolute Gasteiger partial charge is 0.0476 e. The molecule has 1 aliphatic rings. The first-order valence-electron chi connectivity index (χ1n) is 14.2. The summed E-state index contributed by atoms with van der Waals surface area (Å²) in [7, 11) is 0. The Bertz CT molecular complexity index is 2070. The molecule has 1 heterocycles. The summed E-state index contributed by atoms with van der Waals surface area (Å²) in [5.74, 6) is 0. The van der Waals surface area contributed by atoms with Gasteiger partial charge >= 0.3 is 0 Å². The lowest BCUT2D eigenvalue weighted by atomic mass is 9.82. The lowest BCUT2D eigenvalue weighted by Gasteiger charge is -2.27. The molecule has 0 bridgehead atoms. The van der Waals surface area contributed by atoms with Crippen LogP contribution in [0.5, 0.6) is 0 Å². The van der Waals surface area contributed by atoms with Gasteiger partial charge in [-0.05, 0) is 75.8 Å². The van der Waals surface area contributed by atoms with Crippen molar-refractivity contribution < 1.29 is 0 Å². The van der Waals surface area contributed by atoms with E-state index in [1.54, 1.807) is 0 Å². The summed E-state index contributed by atoms with van der Waals surface area (Å²) >= 11 is 1.87. The molecule has 1 aliphatic carbocycles. The van der Waals surface area contributed by atoms with E-state index in [0.717, 1.165) is 5.69 Å². The summed E-state index contributed by atoms with van der Waals surface area (Å²) in [4.78, 5) is 2.40. The highest BCUT2D eigenvalue weighted by atomic mass is 32.1. The lowest BCUT2D eigenvalue weighted by molar-refractivity contribution is 0.660. The fraction of sp³-hybridized carbons (Fsp3) is 0.0769. The van der Waals surface area contributed by atoms with Crippen LogP contribution in [0.25, 0.3) is 42.4 Å². The molecule has 1 nitrogen and oxygen atoms in total. The molecular weight excluding hydrogens is 515 g/mol. The third kappa shape index (κ3) is 3.75. The highest BCUT2D eigenvalue weighted by Gasteiger charge is 2.37. The van der Waals surface area contributed by atoms with Gasteiger partial charge in [0.2, 0.25) is 0 Å². The molecule has 0 saturated carbocycles. The number of benzene rings is 6. The first-order valence-corrected chi connectivity index (χ1v) is 15.0. The third-order valence-corrected chi connectivity index (χ3v) is 9.80. The maximum absolute atomic E-state index is 2.41. The summed E-state index contributed by atoms with van der Waals surface area (Å²) in [5, 5.41) is 2.65. The molecule has 0 N–H and O–H groups in total. The maximum atomic E-state index is 2.41. The van der Waals surface area contributed by atoms with Crippen molar-refractivity contribution in [1.82, 2.24) is 0 Å². The highest BCUT2D eigenvalue weighted by molar-refractivity contribution is 7.25. The number of thiophene rings is 1. The Labute approximate surface area is 245 Å². The number of hydrogen-bond acceptors (Lipinski definition) is 2. The van der Waals surface area contributed by atoms with E-state index in [2.05, 4.69) is 158 Å². The predicted molar refractivity (Wildman–Crippen MR) is 177 cm³/mol. The molecule has 2 heteroatoms. The Hall–Kier alpha value is -4.66. The second-order valence-electron chi connectivity index (χ2n) is 11.4. The number of hydrogen-bond donors (Lipinski definition) is 0. The molecule has 196 valence electrons. The van der Waals surface area contributed by atoms with Gasteiger partial charge in [0.1, 0.15) is 0 Å². The highest BCUT2D eigenvalue weighted by Crippen LogP contribution is 2.53. The van der Waals surface area contributed by atoms with Crippen LogP contribution in [0.1, 0.15) is 25.0 Å². The van der Waals surface area contributed by atoms with Crippen LogP contribution >= 0.6 is 11.3 Å². The van der Waals surface area contributed by atoms with Crippen molar-refractivity contribution in [2.45, 2.75) is 19.3 Å². The van der Waals surface area contributed by atoms with Crippen LogP contribution in [0, 0.1) is 0 Å². The second-order valence-corrected chi connectivity index (χ2v) is 12.5. The molecule has 0 atom stereocenters. The number of para-hydroxylation sites is 1. The van der Waals surface area contributed by atoms with Gasteiger partial charge in [0.15, 0.2) is 0 Å². The zero-order chi connectivity index (χ0) is 27.6. The normalized spacial score (nSPS) is 13.3. The third-order valence-electron chi connectivity index (χ3n) is 8.66. The molecule has 0 aliphatic heterocycles. The summed E-state index contributed by atoms with van der Waals surface area (Å²) < 4.78 is 2.64. The number of anilines is 3. The van der Waals surface area contributed by atoms with Crippen molar-refractivity contribution in [2.24, 2.45) is 0 Å². The Morgan fingerprint density at radius 2 is 1.17 bits per heavy atom. The molecule has 41 heavy (non-hydrogen) atoms. The van der Waals surface area contributed by atoms with Gasteiger partial charge in [-0.3, -0.25) is 0 Å². The largest absolute Gasteiger partial charge is 0.310 e. The predicted octanol–water partition coefficient (Wildman–Crippen LogP) is 11.5. The zero-order valence-electron chi connectivity index (χ0n) is 23.1. The summed E-state index contributed by atoms with van der Waals surface area (Å²) in [6.45, 7) is 4.72. The van der Waals surface area contributed by atoms with Gasteiger partial charge < -0.3 is 4.90 Å². The molecule has 8 rings (SSSR count). The van der Waals surface area contributed by atoms with E-state index in [9.17, 15) is 0 Å². The molecule has 0 unspecified atom stereocenters. The van der Waals surface area contributed by atoms with Gasteiger partial charge in [-0.1, -0.05) is 111 Å². The van der Waals surface area contributed by atoms with Crippen molar-refractivity contribution in [2.75, 3.05) is 4.90 Å². The van der Waals surface area contributed by atoms with Crippen LogP contribution in [0.15, 0.2) is 140 Å². The van der Waals surface area contributed by atoms with Crippen molar-refractivity contribution >= 4 is 48.6 Å². The molecule has 0 radical (unpaired) electrons. The lowest BCUT2D eigenvalue weighted by Crippen LogP contribution is -2.15. The van der Waals surface area contributed by atoms with Crippen LogP contribution in [-0.2, 0) is 5.41 Å². The molecule has 0 spiro atoms. The number of nitrogens with zero attached hydrogens (tertiary/aromatic N) is 1. The summed E-state index contributed by atoms with van der Waals surface area (Å²) in [6.07, 6.45) is 0. The molecule has 0 fully saturated rings. The number of rotatable bonds is 4. The maximum Gasteiger partial charge on any atom is 0.0476 e. The fourth-order valence-corrected chi connectivity index (χ4v) is 7.81. The van der Waals surface area contributed by atoms with Crippen LogP contribution in [-0.4, -0.2) is 0 Å². The van der Waals surface area contributed by atoms with Crippen LogP contribution in [0.2, 0.25) is 0 Å². The Balaban J connectivity index is 1.35. The SMILES string of the molecule is CC1(C)c2ccc(N(c3ccccc3)c3ccc4c(c3)sc3ccccc34)cc2-c2c(-c3ccccc3)cccc21. The van der Waals surface area contributed by atoms with E-state index in [1.165, 1.54) is 64.9 Å². The van der Waals surface area contributed by atoms with Gasteiger partial charge in [-0.15, -0.1) is 11.3 Å².